The maximum atomic E-state index is 11.9. The van der Waals surface area contributed by atoms with E-state index in [0.29, 0.717) is 12.1 Å². The third kappa shape index (κ3) is 3.25. The molecule has 0 unspecified atom stereocenters. The van der Waals surface area contributed by atoms with Crippen LogP contribution in [0.3, 0.4) is 0 Å². The predicted molar refractivity (Wildman–Crippen MR) is 64.6 cm³/mol. The fourth-order valence-electron chi connectivity index (χ4n) is 2.02. The van der Waals surface area contributed by atoms with Gasteiger partial charge in [-0.05, 0) is 12.8 Å². The van der Waals surface area contributed by atoms with E-state index in [1.54, 1.807) is 0 Å². The van der Waals surface area contributed by atoms with E-state index in [9.17, 15) is 4.79 Å². The molecule has 6 nitrogen and oxygen atoms in total. The van der Waals surface area contributed by atoms with E-state index in [1.165, 1.54) is 18.7 Å². The van der Waals surface area contributed by atoms with Gasteiger partial charge in [-0.3, -0.25) is 9.69 Å². The molecule has 0 radical (unpaired) electrons. The first-order valence-corrected chi connectivity index (χ1v) is 5.95. The molecule has 0 saturated carbocycles. The second kappa shape index (κ2) is 6.07. The summed E-state index contributed by atoms with van der Waals surface area (Å²) in [6.45, 7) is 2.17. The van der Waals surface area contributed by atoms with Crippen molar-refractivity contribution in [3.8, 4) is 6.07 Å². The van der Waals surface area contributed by atoms with Crippen LogP contribution in [0.1, 0.15) is 23.2 Å². The number of hydrogen-bond donors (Lipinski definition) is 1. The maximum Gasteiger partial charge on any atom is 0.254 e. The molecule has 1 aliphatic heterocycles. The zero-order valence-electron chi connectivity index (χ0n) is 10.0. The molecule has 0 bridgehead atoms. The predicted octanol–water partition coefficient (Wildman–Crippen LogP) is 0.194. The zero-order valence-corrected chi connectivity index (χ0v) is 10.0. The van der Waals surface area contributed by atoms with E-state index in [2.05, 4.69) is 26.3 Å². The molecule has 1 N–H and O–H groups in total. The molecule has 6 heteroatoms. The first-order valence-electron chi connectivity index (χ1n) is 5.95. The number of amides is 1. The number of hydrogen-bond acceptors (Lipinski definition) is 5. The van der Waals surface area contributed by atoms with Crippen LogP contribution in [0.2, 0.25) is 0 Å². The smallest absolute Gasteiger partial charge is 0.254 e. The van der Waals surface area contributed by atoms with Gasteiger partial charge in [0.05, 0.1) is 18.2 Å². The highest BCUT2D eigenvalue weighted by atomic mass is 16.1. The van der Waals surface area contributed by atoms with Gasteiger partial charge in [-0.1, -0.05) is 0 Å². The average molecular weight is 245 g/mol. The lowest BCUT2D eigenvalue weighted by Crippen LogP contribution is -2.44. The van der Waals surface area contributed by atoms with Gasteiger partial charge in [-0.25, -0.2) is 9.97 Å². The normalized spacial score (nSPS) is 17.1. The summed E-state index contributed by atoms with van der Waals surface area (Å²) in [6, 6.07) is 2.31. The van der Waals surface area contributed by atoms with E-state index >= 15 is 0 Å². The quantitative estimate of drug-likeness (QED) is 0.769. The summed E-state index contributed by atoms with van der Waals surface area (Å²) in [5, 5.41) is 11.6. The van der Waals surface area contributed by atoms with Gasteiger partial charge in [0, 0.05) is 31.5 Å². The van der Waals surface area contributed by atoms with Crippen LogP contribution in [0.4, 0.5) is 0 Å². The number of piperidine rings is 1. The number of carbonyl (C=O) groups is 1. The Hall–Kier alpha value is -2.00. The Morgan fingerprint density at radius 3 is 2.72 bits per heavy atom. The lowest BCUT2D eigenvalue weighted by Gasteiger charge is -2.30. The van der Waals surface area contributed by atoms with Crippen molar-refractivity contribution in [1.82, 2.24) is 20.2 Å². The second-order valence-electron chi connectivity index (χ2n) is 4.31. The Labute approximate surface area is 106 Å². The minimum Gasteiger partial charge on any atom is -0.349 e. The maximum absolute atomic E-state index is 11.9. The molecule has 1 aromatic heterocycles. The standard InChI is InChI=1S/C12H15N5O/c13-3-6-17-4-1-11(2-5-17)16-12(18)10-7-14-9-15-8-10/h7-9,11H,1-2,4-6H2,(H,16,18). The number of carbonyl (C=O) groups excluding carboxylic acids is 1. The SMILES string of the molecule is N#CCN1CCC(NC(=O)c2cncnc2)CC1. The van der Waals surface area contributed by atoms with E-state index in [-0.39, 0.29) is 11.9 Å². The summed E-state index contributed by atoms with van der Waals surface area (Å²) >= 11 is 0. The molecule has 1 fully saturated rings. The van der Waals surface area contributed by atoms with Gasteiger partial charge >= 0.3 is 0 Å². The van der Waals surface area contributed by atoms with Crippen LogP contribution < -0.4 is 5.32 Å². The number of nitrogens with zero attached hydrogens (tertiary/aromatic N) is 4. The van der Waals surface area contributed by atoms with Crippen LogP contribution in [0, 0.1) is 11.3 Å². The monoisotopic (exact) mass is 245 g/mol. The van der Waals surface area contributed by atoms with Crippen molar-refractivity contribution in [2.45, 2.75) is 18.9 Å². The van der Waals surface area contributed by atoms with Crippen LogP contribution in [0.5, 0.6) is 0 Å². The van der Waals surface area contributed by atoms with Crippen LogP contribution >= 0.6 is 0 Å². The van der Waals surface area contributed by atoms with Crippen molar-refractivity contribution in [2.75, 3.05) is 19.6 Å². The molecular weight excluding hydrogens is 230 g/mol. The van der Waals surface area contributed by atoms with E-state index in [1.807, 2.05) is 0 Å². The minimum atomic E-state index is -0.130. The molecule has 2 rings (SSSR count). The van der Waals surface area contributed by atoms with Crippen molar-refractivity contribution in [2.24, 2.45) is 0 Å². The van der Waals surface area contributed by atoms with Gasteiger partial charge < -0.3 is 5.32 Å². The largest absolute Gasteiger partial charge is 0.349 e. The fraction of sp³-hybridized carbons (Fsp3) is 0.500. The van der Waals surface area contributed by atoms with Crippen LogP contribution in [-0.4, -0.2) is 46.5 Å². The summed E-state index contributed by atoms with van der Waals surface area (Å²) in [6.07, 6.45) is 6.17. The number of nitrogens with one attached hydrogen (secondary N) is 1. The van der Waals surface area contributed by atoms with E-state index in [0.717, 1.165) is 25.9 Å². The molecule has 1 saturated heterocycles. The first kappa shape index (κ1) is 12.5. The number of likely N-dealkylation sites (tertiary alicyclic amines) is 1. The van der Waals surface area contributed by atoms with Gasteiger partial charge in [-0.15, -0.1) is 0 Å². The molecule has 0 spiro atoms. The van der Waals surface area contributed by atoms with Crippen molar-refractivity contribution < 1.29 is 4.79 Å². The summed E-state index contributed by atoms with van der Waals surface area (Å²) in [7, 11) is 0. The molecule has 1 aromatic rings. The van der Waals surface area contributed by atoms with Crippen LogP contribution in [0.25, 0.3) is 0 Å². The lowest BCUT2D eigenvalue weighted by molar-refractivity contribution is 0.0913. The molecule has 18 heavy (non-hydrogen) atoms. The molecule has 0 aliphatic carbocycles. The molecule has 1 amide bonds. The highest BCUT2D eigenvalue weighted by Crippen LogP contribution is 2.10. The Morgan fingerprint density at radius 1 is 1.44 bits per heavy atom. The van der Waals surface area contributed by atoms with Gasteiger partial charge in [0.2, 0.25) is 0 Å². The van der Waals surface area contributed by atoms with Crippen molar-refractivity contribution >= 4 is 5.91 Å². The first-order chi connectivity index (χ1) is 8.79. The number of aromatic nitrogens is 2. The topological polar surface area (TPSA) is 81.9 Å². The highest BCUT2D eigenvalue weighted by Gasteiger charge is 2.20. The Kier molecular flexibility index (Phi) is 4.20. The third-order valence-electron chi connectivity index (χ3n) is 3.04. The molecular formula is C12H15N5O. The van der Waals surface area contributed by atoms with Crippen LogP contribution in [-0.2, 0) is 0 Å². The van der Waals surface area contributed by atoms with Gasteiger partial charge in [0.15, 0.2) is 0 Å². The highest BCUT2D eigenvalue weighted by molar-refractivity contribution is 5.93. The summed E-state index contributed by atoms with van der Waals surface area (Å²) < 4.78 is 0. The second-order valence-corrected chi connectivity index (χ2v) is 4.31. The van der Waals surface area contributed by atoms with E-state index < -0.39 is 0 Å². The fourth-order valence-corrected chi connectivity index (χ4v) is 2.02. The molecule has 0 aromatic carbocycles. The molecule has 1 aliphatic rings. The molecule has 94 valence electrons. The lowest BCUT2D eigenvalue weighted by atomic mass is 10.0. The summed E-state index contributed by atoms with van der Waals surface area (Å²) in [5.74, 6) is -0.130. The average Bonchev–Trinajstić information content (AvgIpc) is 2.42. The van der Waals surface area contributed by atoms with Gasteiger partial charge in [0.25, 0.3) is 5.91 Å². The van der Waals surface area contributed by atoms with Crippen molar-refractivity contribution in [3.63, 3.8) is 0 Å². The van der Waals surface area contributed by atoms with Crippen molar-refractivity contribution in [3.05, 3.63) is 24.3 Å². The zero-order chi connectivity index (χ0) is 12.8. The number of rotatable bonds is 3. The Morgan fingerprint density at radius 2 is 2.11 bits per heavy atom. The third-order valence-corrected chi connectivity index (χ3v) is 3.04. The molecule has 0 atom stereocenters. The Bertz CT molecular complexity index is 434. The van der Waals surface area contributed by atoms with Gasteiger partial charge in [-0.2, -0.15) is 5.26 Å². The minimum absolute atomic E-state index is 0.130. The van der Waals surface area contributed by atoms with Crippen molar-refractivity contribution in [1.29, 1.82) is 5.26 Å². The summed E-state index contributed by atoms with van der Waals surface area (Å²) in [5.41, 5.74) is 0.483. The summed E-state index contributed by atoms with van der Waals surface area (Å²) in [4.78, 5) is 21.6. The van der Waals surface area contributed by atoms with Crippen LogP contribution in [0.15, 0.2) is 18.7 Å². The van der Waals surface area contributed by atoms with Gasteiger partial charge in [0.1, 0.15) is 6.33 Å². The number of nitriles is 1. The molecule has 2 heterocycles. The Balaban J connectivity index is 1.82. The van der Waals surface area contributed by atoms with E-state index in [4.69, 9.17) is 5.26 Å².